The summed E-state index contributed by atoms with van der Waals surface area (Å²) in [7, 11) is 0. The molecular weight excluding hydrogens is 238 g/mol. The van der Waals surface area contributed by atoms with Gasteiger partial charge in [-0.05, 0) is 12.8 Å². The van der Waals surface area contributed by atoms with Crippen LogP contribution in [0.5, 0.6) is 0 Å². The number of amides is 2. The van der Waals surface area contributed by atoms with Crippen LogP contribution >= 0.6 is 0 Å². The zero-order chi connectivity index (χ0) is 13.3. The summed E-state index contributed by atoms with van der Waals surface area (Å²) in [6.45, 7) is 1.20. The van der Waals surface area contributed by atoms with Gasteiger partial charge >= 0.3 is 12.0 Å². The highest BCUT2D eigenvalue weighted by Crippen LogP contribution is 2.21. The van der Waals surface area contributed by atoms with Crippen LogP contribution in [-0.4, -0.2) is 69.8 Å². The molecule has 7 nitrogen and oxygen atoms in total. The molecule has 2 aliphatic heterocycles. The number of likely N-dealkylation sites (tertiary alicyclic amines) is 2. The number of carboxylic acid groups (broad SMARTS) is 1. The van der Waals surface area contributed by atoms with Crippen molar-refractivity contribution in [3.63, 3.8) is 0 Å². The Balaban J connectivity index is 2.01. The minimum atomic E-state index is -1.06. The zero-order valence-electron chi connectivity index (χ0n) is 10.2. The molecule has 0 saturated carbocycles. The second-order valence-corrected chi connectivity index (χ2v) is 5.00. The van der Waals surface area contributed by atoms with E-state index in [4.69, 9.17) is 10.8 Å². The number of piperidine rings is 1. The van der Waals surface area contributed by atoms with Crippen molar-refractivity contribution in [3.8, 4) is 0 Å². The Morgan fingerprint density at radius 2 is 1.83 bits per heavy atom. The fraction of sp³-hybridized carbons (Fsp3) is 0.818. The van der Waals surface area contributed by atoms with Gasteiger partial charge in [0.1, 0.15) is 6.04 Å². The van der Waals surface area contributed by atoms with E-state index in [1.165, 1.54) is 4.90 Å². The first-order valence-corrected chi connectivity index (χ1v) is 6.21. The molecule has 0 aromatic heterocycles. The topological polar surface area (TPSA) is 107 Å². The van der Waals surface area contributed by atoms with Crippen LogP contribution in [0.25, 0.3) is 0 Å². The molecule has 4 N–H and O–H groups in total. The van der Waals surface area contributed by atoms with Crippen molar-refractivity contribution in [1.82, 2.24) is 9.80 Å². The molecule has 2 rings (SSSR count). The number of β-amino-alcohol motifs (C(OH)–C–C–N with tert-alkyl or cyclic N) is 1. The van der Waals surface area contributed by atoms with Gasteiger partial charge in [-0.3, -0.25) is 0 Å². The predicted octanol–water partition coefficient (Wildman–Crippen LogP) is -0.951. The van der Waals surface area contributed by atoms with Gasteiger partial charge in [-0.1, -0.05) is 0 Å². The third-order valence-electron chi connectivity index (χ3n) is 3.62. The quantitative estimate of drug-likeness (QED) is 0.561. The van der Waals surface area contributed by atoms with Gasteiger partial charge < -0.3 is 25.7 Å². The number of carbonyl (C=O) groups excluding carboxylic acids is 1. The number of nitrogens with two attached hydrogens (primary N) is 1. The van der Waals surface area contributed by atoms with E-state index in [-0.39, 0.29) is 25.0 Å². The molecular formula is C11H19N3O4. The van der Waals surface area contributed by atoms with Crippen molar-refractivity contribution in [2.45, 2.75) is 37.5 Å². The summed E-state index contributed by atoms with van der Waals surface area (Å²) in [5, 5.41) is 18.6. The number of hydrogen-bond donors (Lipinski definition) is 3. The average Bonchev–Trinajstić information content (AvgIpc) is 2.71. The van der Waals surface area contributed by atoms with Gasteiger partial charge in [0.2, 0.25) is 0 Å². The number of nitrogens with zero attached hydrogens (tertiary/aromatic N) is 2. The van der Waals surface area contributed by atoms with Crippen LogP contribution in [0, 0.1) is 0 Å². The largest absolute Gasteiger partial charge is 0.480 e. The standard InChI is InChI=1S/C11H19N3O4/c12-7-1-3-13(4-2-7)11(18)14-6-8(15)5-9(14)10(16)17/h7-9,15H,1-6,12H2,(H,16,17)/t8-,9+/m1/s1. The molecule has 102 valence electrons. The molecule has 7 heteroatoms. The lowest BCUT2D eigenvalue weighted by Crippen LogP contribution is -2.51. The third kappa shape index (κ3) is 2.56. The molecule has 0 aromatic rings. The van der Waals surface area contributed by atoms with Gasteiger partial charge in [-0.15, -0.1) is 0 Å². The van der Waals surface area contributed by atoms with Crippen molar-refractivity contribution in [1.29, 1.82) is 0 Å². The lowest BCUT2D eigenvalue weighted by molar-refractivity contribution is -0.141. The van der Waals surface area contributed by atoms with E-state index in [0.717, 1.165) is 12.8 Å². The minimum Gasteiger partial charge on any atom is -0.480 e. The Morgan fingerprint density at radius 1 is 1.22 bits per heavy atom. The molecule has 2 aliphatic rings. The summed E-state index contributed by atoms with van der Waals surface area (Å²) in [6.07, 6.45) is 0.829. The highest BCUT2D eigenvalue weighted by molar-refractivity contribution is 5.83. The average molecular weight is 257 g/mol. The van der Waals surface area contributed by atoms with Crippen molar-refractivity contribution < 1.29 is 19.8 Å². The molecule has 0 radical (unpaired) electrons. The highest BCUT2D eigenvalue weighted by atomic mass is 16.4. The Morgan fingerprint density at radius 3 is 2.39 bits per heavy atom. The van der Waals surface area contributed by atoms with Crippen molar-refractivity contribution in [2.24, 2.45) is 5.73 Å². The van der Waals surface area contributed by atoms with E-state index >= 15 is 0 Å². The molecule has 2 fully saturated rings. The van der Waals surface area contributed by atoms with E-state index in [2.05, 4.69) is 0 Å². The molecule has 0 spiro atoms. The molecule has 0 bridgehead atoms. The maximum atomic E-state index is 12.2. The predicted molar refractivity (Wildman–Crippen MR) is 62.9 cm³/mol. The van der Waals surface area contributed by atoms with Crippen LogP contribution in [0.3, 0.4) is 0 Å². The fourth-order valence-electron chi connectivity index (χ4n) is 2.53. The van der Waals surface area contributed by atoms with Crippen molar-refractivity contribution in [2.75, 3.05) is 19.6 Å². The fourth-order valence-corrected chi connectivity index (χ4v) is 2.53. The summed E-state index contributed by atoms with van der Waals surface area (Å²) in [4.78, 5) is 26.1. The number of carboxylic acids is 1. The Bertz CT molecular complexity index is 341. The maximum absolute atomic E-state index is 12.2. The Labute approximate surface area is 105 Å². The van der Waals surface area contributed by atoms with Crippen molar-refractivity contribution >= 4 is 12.0 Å². The number of aliphatic carboxylic acids is 1. The molecule has 2 saturated heterocycles. The SMILES string of the molecule is NC1CCN(C(=O)N2C[C@H](O)C[C@H]2C(=O)O)CC1. The summed E-state index contributed by atoms with van der Waals surface area (Å²) >= 11 is 0. The molecule has 0 aliphatic carbocycles. The van der Waals surface area contributed by atoms with Crippen molar-refractivity contribution in [3.05, 3.63) is 0 Å². The molecule has 2 atom stereocenters. The Kier molecular flexibility index (Phi) is 3.72. The van der Waals surface area contributed by atoms with Crippen LogP contribution in [0.1, 0.15) is 19.3 Å². The number of hydrogen-bond acceptors (Lipinski definition) is 4. The van der Waals surface area contributed by atoms with Gasteiger partial charge in [0.25, 0.3) is 0 Å². The Hall–Kier alpha value is -1.34. The summed E-state index contributed by atoms with van der Waals surface area (Å²) < 4.78 is 0. The maximum Gasteiger partial charge on any atom is 0.326 e. The summed E-state index contributed by atoms with van der Waals surface area (Å²) in [5.74, 6) is -1.06. The highest BCUT2D eigenvalue weighted by Gasteiger charge is 2.40. The lowest BCUT2D eigenvalue weighted by atomic mass is 10.1. The van der Waals surface area contributed by atoms with Gasteiger partial charge in [0, 0.05) is 32.1 Å². The molecule has 2 amide bonds. The monoisotopic (exact) mass is 257 g/mol. The van der Waals surface area contributed by atoms with Crippen LogP contribution in [-0.2, 0) is 4.79 Å². The minimum absolute atomic E-state index is 0.0956. The third-order valence-corrected chi connectivity index (χ3v) is 3.62. The molecule has 18 heavy (non-hydrogen) atoms. The number of urea groups is 1. The number of aliphatic hydroxyl groups is 1. The zero-order valence-corrected chi connectivity index (χ0v) is 10.2. The normalized spacial score (nSPS) is 29.7. The van der Waals surface area contributed by atoms with Gasteiger partial charge in [0.15, 0.2) is 0 Å². The van der Waals surface area contributed by atoms with E-state index in [9.17, 15) is 14.7 Å². The van der Waals surface area contributed by atoms with Crippen LogP contribution in [0.2, 0.25) is 0 Å². The van der Waals surface area contributed by atoms with Gasteiger partial charge in [-0.2, -0.15) is 0 Å². The van der Waals surface area contributed by atoms with E-state index in [0.29, 0.717) is 13.1 Å². The van der Waals surface area contributed by atoms with Crippen LogP contribution in [0.4, 0.5) is 4.79 Å². The first kappa shape index (κ1) is 13.1. The van der Waals surface area contributed by atoms with E-state index in [1.54, 1.807) is 4.90 Å². The van der Waals surface area contributed by atoms with E-state index in [1.807, 2.05) is 0 Å². The van der Waals surface area contributed by atoms with Gasteiger partial charge in [0.05, 0.1) is 6.10 Å². The molecule has 0 aromatic carbocycles. The smallest absolute Gasteiger partial charge is 0.326 e. The molecule has 2 heterocycles. The first-order valence-electron chi connectivity index (χ1n) is 6.21. The summed E-state index contributed by atoms with van der Waals surface area (Å²) in [6, 6.07) is -1.09. The van der Waals surface area contributed by atoms with E-state index < -0.39 is 18.1 Å². The van der Waals surface area contributed by atoms with Crippen LogP contribution < -0.4 is 5.73 Å². The summed E-state index contributed by atoms with van der Waals surface area (Å²) in [5.41, 5.74) is 5.76. The second-order valence-electron chi connectivity index (χ2n) is 5.00. The number of aliphatic hydroxyl groups excluding tert-OH is 1. The van der Waals surface area contributed by atoms with Gasteiger partial charge in [-0.25, -0.2) is 9.59 Å². The number of carbonyl (C=O) groups is 2. The second kappa shape index (κ2) is 5.11. The molecule has 0 unspecified atom stereocenters. The number of rotatable bonds is 1. The lowest BCUT2D eigenvalue weighted by Gasteiger charge is -2.34. The first-order chi connectivity index (χ1) is 8.49. The van der Waals surface area contributed by atoms with Crippen LogP contribution in [0.15, 0.2) is 0 Å².